The van der Waals surface area contributed by atoms with Crippen LogP contribution in [0.4, 0.5) is 4.39 Å². The molecule has 0 aliphatic carbocycles. The zero-order valence-electron chi connectivity index (χ0n) is 19.4. The molecule has 0 saturated carbocycles. The molecule has 0 bridgehead atoms. The summed E-state index contributed by atoms with van der Waals surface area (Å²) in [5.74, 6) is -0.0512. The van der Waals surface area contributed by atoms with E-state index in [2.05, 4.69) is 5.32 Å². The SMILES string of the molecule is COc1cccc(CNCc2c(C(=O)O)n(Cc3ccc(F)cc3)c3cc(C)ccc23)c1OC. The molecule has 3 aromatic carbocycles. The van der Waals surface area contributed by atoms with Crippen LogP contribution in [0.2, 0.25) is 0 Å². The van der Waals surface area contributed by atoms with E-state index < -0.39 is 5.97 Å². The van der Waals surface area contributed by atoms with Crippen LogP contribution in [0.25, 0.3) is 10.9 Å². The molecule has 0 unspecified atom stereocenters. The van der Waals surface area contributed by atoms with Crippen molar-refractivity contribution in [2.75, 3.05) is 14.2 Å². The van der Waals surface area contributed by atoms with E-state index in [0.717, 1.165) is 27.6 Å². The largest absolute Gasteiger partial charge is 0.493 e. The number of nitrogens with one attached hydrogen (secondary N) is 1. The molecule has 0 fully saturated rings. The number of carboxylic acid groups (broad SMARTS) is 1. The molecule has 1 heterocycles. The third-order valence-electron chi connectivity index (χ3n) is 5.88. The zero-order valence-corrected chi connectivity index (χ0v) is 19.4. The van der Waals surface area contributed by atoms with Crippen molar-refractivity contribution in [1.29, 1.82) is 0 Å². The lowest BCUT2D eigenvalue weighted by molar-refractivity contribution is 0.0684. The number of aryl methyl sites for hydroxylation is 1. The molecule has 0 spiro atoms. The Morgan fingerprint density at radius 3 is 2.47 bits per heavy atom. The zero-order chi connectivity index (χ0) is 24.2. The van der Waals surface area contributed by atoms with E-state index in [1.54, 1.807) is 30.9 Å². The first-order valence-corrected chi connectivity index (χ1v) is 10.9. The summed E-state index contributed by atoms with van der Waals surface area (Å²) in [6.45, 7) is 3.11. The molecule has 0 aliphatic rings. The molecular weight excluding hydrogens is 435 g/mol. The van der Waals surface area contributed by atoms with E-state index in [0.29, 0.717) is 36.7 Å². The van der Waals surface area contributed by atoms with Crippen molar-refractivity contribution in [3.05, 3.63) is 94.4 Å². The second kappa shape index (κ2) is 9.97. The van der Waals surface area contributed by atoms with Crippen LogP contribution in [-0.2, 0) is 19.6 Å². The van der Waals surface area contributed by atoms with Gasteiger partial charge in [-0.3, -0.25) is 0 Å². The van der Waals surface area contributed by atoms with Gasteiger partial charge in [0.05, 0.1) is 14.2 Å². The number of carboxylic acids is 1. The predicted octanol–water partition coefficient (Wildman–Crippen LogP) is 5.14. The lowest BCUT2D eigenvalue weighted by atomic mass is 10.1. The van der Waals surface area contributed by atoms with Gasteiger partial charge in [0, 0.05) is 41.7 Å². The smallest absolute Gasteiger partial charge is 0.352 e. The van der Waals surface area contributed by atoms with Crippen LogP contribution in [-0.4, -0.2) is 29.9 Å². The van der Waals surface area contributed by atoms with E-state index in [1.807, 2.05) is 43.3 Å². The van der Waals surface area contributed by atoms with Gasteiger partial charge in [-0.05, 0) is 42.3 Å². The molecule has 4 rings (SSSR count). The number of aromatic nitrogens is 1. The van der Waals surface area contributed by atoms with E-state index in [-0.39, 0.29) is 11.5 Å². The molecule has 7 heteroatoms. The fourth-order valence-corrected chi connectivity index (χ4v) is 4.31. The molecule has 0 aliphatic heterocycles. The average Bonchev–Trinajstić information content (AvgIpc) is 3.12. The van der Waals surface area contributed by atoms with Crippen LogP contribution in [0.3, 0.4) is 0 Å². The number of nitrogens with zero attached hydrogens (tertiary/aromatic N) is 1. The van der Waals surface area contributed by atoms with Gasteiger partial charge in [0.1, 0.15) is 11.5 Å². The monoisotopic (exact) mass is 462 g/mol. The van der Waals surface area contributed by atoms with Crippen molar-refractivity contribution in [1.82, 2.24) is 9.88 Å². The summed E-state index contributed by atoms with van der Waals surface area (Å²) in [5, 5.41) is 14.4. The lowest BCUT2D eigenvalue weighted by Crippen LogP contribution is -2.17. The first kappa shape index (κ1) is 23.3. The van der Waals surface area contributed by atoms with Gasteiger partial charge in [-0.1, -0.05) is 36.4 Å². The van der Waals surface area contributed by atoms with Crippen LogP contribution in [0.15, 0.2) is 60.7 Å². The van der Waals surface area contributed by atoms with Gasteiger partial charge in [0.15, 0.2) is 11.5 Å². The van der Waals surface area contributed by atoms with E-state index in [1.165, 1.54) is 12.1 Å². The maximum Gasteiger partial charge on any atom is 0.352 e. The summed E-state index contributed by atoms with van der Waals surface area (Å²) in [6, 6.07) is 17.7. The Labute approximate surface area is 197 Å². The molecule has 0 saturated heterocycles. The van der Waals surface area contributed by atoms with Gasteiger partial charge in [0.25, 0.3) is 0 Å². The number of rotatable bonds is 9. The summed E-state index contributed by atoms with van der Waals surface area (Å²) in [5.41, 5.74) is 4.51. The summed E-state index contributed by atoms with van der Waals surface area (Å²) < 4.78 is 26.1. The second-order valence-electron chi connectivity index (χ2n) is 8.12. The van der Waals surface area contributed by atoms with Gasteiger partial charge in [0.2, 0.25) is 0 Å². The molecule has 0 amide bonds. The number of para-hydroxylation sites is 1. The van der Waals surface area contributed by atoms with E-state index in [4.69, 9.17) is 9.47 Å². The van der Waals surface area contributed by atoms with Crippen LogP contribution < -0.4 is 14.8 Å². The van der Waals surface area contributed by atoms with Crippen molar-refractivity contribution >= 4 is 16.9 Å². The molecular formula is C27H27FN2O4. The van der Waals surface area contributed by atoms with Crippen LogP contribution >= 0.6 is 0 Å². The van der Waals surface area contributed by atoms with Crippen molar-refractivity contribution < 1.29 is 23.8 Å². The predicted molar refractivity (Wildman–Crippen MR) is 129 cm³/mol. The Morgan fingerprint density at radius 1 is 1.03 bits per heavy atom. The summed E-state index contributed by atoms with van der Waals surface area (Å²) in [6.07, 6.45) is 0. The number of benzene rings is 3. The summed E-state index contributed by atoms with van der Waals surface area (Å²) >= 11 is 0. The first-order chi connectivity index (χ1) is 16.4. The van der Waals surface area contributed by atoms with Gasteiger partial charge < -0.3 is 24.5 Å². The molecule has 4 aromatic rings. The minimum Gasteiger partial charge on any atom is -0.493 e. The van der Waals surface area contributed by atoms with Crippen LogP contribution in [0.1, 0.15) is 32.7 Å². The standard InChI is InChI=1S/C27H27FN2O4/c1-17-7-12-21-22(15-29-14-19-5-4-6-24(33-2)26(19)34-3)25(27(31)32)30(23(21)13-17)16-18-8-10-20(28)11-9-18/h4-13,29H,14-16H2,1-3H3,(H,31,32). The number of halogens is 1. The number of fused-ring (bicyclic) bond motifs is 1. The summed E-state index contributed by atoms with van der Waals surface area (Å²) in [4.78, 5) is 12.4. The minimum absolute atomic E-state index is 0.218. The van der Waals surface area contributed by atoms with Crippen LogP contribution in [0.5, 0.6) is 11.5 Å². The van der Waals surface area contributed by atoms with Crippen molar-refractivity contribution in [3.63, 3.8) is 0 Å². The topological polar surface area (TPSA) is 72.7 Å². The first-order valence-electron chi connectivity index (χ1n) is 10.9. The van der Waals surface area contributed by atoms with Crippen molar-refractivity contribution in [2.24, 2.45) is 0 Å². The average molecular weight is 463 g/mol. The number of aromatic carboxylic acids is 1. The number of methoxy groups -OCH3 is 2. The van der Waals surface area contributed by atoms with E-state index in [9.17, 15) is 14.3 Å². The molecule has 0 radical (unpaired) electrons. The lowest BCUT2D eigenvalue weighted by Gasteiger charge is -2.13. The minimum atomic E-state index is -1.01. The Morgan fingerprint density at radius 2 is 1.79 bits per heavy atom. The highest BCUT2D eigenvalue weighted by Crippen LogP contribution is 2.32. The van der Waals surface area contributed by atoms with Gasteiger partial charge in [-0.15, -0.1) is 0 Å². The van der Waals surface area contributed by atoms with Crippen molar-refractivity contribution in [2.45, 2.75) is 26.6 Å². The number of carbonyl (C=O) groups is 1. The Bertz CT molecular complexity index is 1330. The van der Waals surface area contributed by atoms with Crippen molar-refractivity contribution in [3.8, 4) is 11.5 Å². The Hall–Kier alpha value is -3.84. The third-order valence-corrected chi connectivity index (χ3v) is 5.88. The normalized spacial score (nSPS) is 11.1. The maximum atomic E-state index is 13.4. The summed E-state index contributed by atoms with van der Waals surface area (Å²) in [7, 11) is 3.18. The van der Waals surface area contributed by atoms with Gasteiger partial charge in [-0.25, -0.2) is 9.18 Å². The molecule has 2 N–H and O–H groups in total. The fraction of sp³-hybridized carbons (Fsp3) is 0.222. The second-order valence-corrected chi connectivity index (χ2v) is 8.12. The van der Waals surface area contributed by atoms with Crippen LogP contribution in [0, 0.1) is 12.7 Å². The quantitative estimate of drug-likeness (QED) is 0.360. The molecule has 6 nitrogen and oxygen atoms in total. The highest BCUT2D eigenvalue weighted by molar-refractivity contribution is 5.98. The number of hydrogen-bond donors (Lipinski definition) is 2. The van der Waals surface area contributed by atoms with E-state index >= 15 is 0 Å². The molecule has 1 aromatic heterocycles. The fourth-order valence-electron chi connectivity index (χ4n) is 4.31. The Balaban J connectivity index is 1.70. The van der Waals surface area contributed by atoms with Gasteiger partial charge >= 0.3 is 5.97 Å². The molecule has 0 atom stereocenters. The Kier molecular flexibility index (Phi) is 6.84. The highest BCUT2D eigenvalue weighted by atomic mass is 19.1. The maximum absolute atomic E-state index is 13.4. The van der Waals surface area contributed by atoms with Gasteiger partial charge in [-0.2, -0.15) is 0 Å². The third kappa shape index (κ3) is 4.61. The number of ether oxygens (including phenoxy) is 2. The molecule has 34 heavy (non-hydrogen) atoms. The number of hydrogen-bond acceptors (Lipinski definition) is 4. The molecule has 176 valence electrons. The highest BCUT2D eigenvalue weighted by Gasteiger charge is 2.22.